The molecule has 0 unspecified atom stereocenters. The van der Waals surface area contributed by atoms with Crippen molar-refractivity contribution in [3.63, 3.8) is 0 Å². The van der Waals surface area contributed by atoms with Gasteiger partial charge in [0.15, 0.2) is 0 Å². The normalized spacial score (nSPS) is 27.7. The number of nitrogens with zero attached hydrogens (tertiary/aromatic N) is 2. The average molecular weight is 186 g/mol. The third-order valence-corrected chi connectivity index (χ3v) is 2.47. The summed E-state index contributed by atoms with van der Waals surface area (Å²) in [6.45, 7) is 6.75. The predicted molar refractivity (Wildman–Crippen MR) is 49.2 cm³/mol. The molecule has 0 aromatic rings. The molecule has 2 fully saturated rings. The Morgan fingerprint density at radius 3 is 1.77 bits per heavy atom. The lowest BCUT2D eigenvalue weighted by Crippen LogP contribution is -2.45. The van der Waals surface area contributed by atoms with E-state index in [0.717, 1.165) is 59.3 Å². The highest BCUT2D eigenvalue weighted by atomic mass is 16.5. The van der Waals surface area contributed by atoms with E-state index in [9.17, 15) is 0 Å². The summed E-state index contributed by atoms with van der Waals surface area (Å²) in [5.41, 5.74) is 0. The molecule has 4 heteroatoms. The molecule has 0 N–H and O–H groups in total. The molecule has 0 amide bonds. The highest BCUT2D eigenvalue weighted by molar-refractivity contribution is 4.61. The first-order valence-corrected chi connectivity index (χ1v) is 5.05. The third kappa shape index (κ3) is 2.91. The lowest BCUT2D eigenvalue weighted by atomic mass is 10.3. The fraction of sp³-hybridized carbons (Fsp3) is 1.00. The summed E-state index contributed by atoms with van der Waals surface area (Å²) < 4.78 is 10.8. The summed E-state index contributed by atoms with van der Waals surface area (Å²) in [7, 11) is 0. The SMILES string of the molecule is C1COCN(CN2CCCOC2)C1. The van der Waals surface area contributed by atoms with Crippen LogP contribution in [0.4, 0.5) is 0 Å². The molecule has 0 aromatic heterocycles. The van der Waals surface area contributed by atoms with Crippen molar-refractivity contribution >= 4 is 0 Å². The van der Waals surface area contributed by atoms with Crippen LogP contribution in [0, 0.1) is 0 Å². The molecular formula is C9H18N2O2. The lowest BCUT2D eigenvalue weighted by Gasteiger charge is -2.34. The van der Waals surface area contributed by atoms with Gasteiger partial charge in [-0.1, -0.05) is 0 Å². The molecule has 2 heterocycles. The Labute approximate surface area is 79.4 Å². The van der Waals surface area contributed by atoms with Crippen molar-refractivity contribution in [3.8, 4) is 0 Å². The van der Waals surface area contributed by atoms with Crippen LogP contribution in [0.15, 0.2) is 0 Å². The highest BCUT2D eigenvalue weighted by Gasteiger charge is 2.16. The molecule has 4 nitrogen and oxygen atoms in total. The summed E-state index contributed by atoms with van der Waals surface area (Å²) in [5.74, 6) is 0. The quantitative estimate of drug-likeness (QED) is 0.619. The summed E-state index contributed by atoms with van der Waals surface area (Å²) in [6.07, 6.45) is 2.32. The second-order valence-corrected chi connectivity index (χ2v) is 3.71. The van der Waals surface area contributed by atoms with E-state index in [0.29, 0.717) is 0 Å². The van der Waals surface area contributed by atoms with E-state index in [4.69, 9.17) is 9.47 Å². The summed E-state index contributed by atoms with van der Waals surface area (Å²) in [4.78, 5) is 4.66. The molecule has 2 rings (SSSR count). The van der Waals surface area contributed by atoms with Gasteiger partial charge in [0.25, 0.3) is 0 Å². The predicted octanol–water partition coefficient (Wildman–Crippen LogP) is 0.304. The molecule has 13 heavy (non-hydrogen) atoms. The smallest absolute Gasteiger partial charge is 0.1000 e. The Balaban J connectivity index is 1.69. The van der Waals surface area contributed by atoms with Crippen LogP contribution in [-0.2, 0) is 9.47 Å². The molecule has 0 spiro atoms. The summed E-state index contributed by atoms with van der Waals surface area (Å²) in [5, 5.41) is 0. The van der Waals surface area contributed by atoms with Crippen LogP contribution < -0.4 is 0 Å². The number of hydrogen-bond donors (Lipinski definition) is 0. The number of hydrogen-bond acceptors (Lipinski definition) is 4. The van der Waals surface area contributed by atoms with Gasteiger partial charge >= 0.3 is 0 Å². The molecular weight excluding hydrogens is 168 g/mol. The first-order valence-electron chi connectivity index (χ1n) is 5.05. The second-order valence-electron chi connectivity index (χ2n) is 3.71. The fourth-order valence-corrected chi connectivity index (χ4v) is 1.80. The van der Waals surface area contributed by atoms with Gasteiger partial charge in [-0.15, -0.1) is 0 Å². The van der Waals surface area contributed by atoms with Crippen LogP contribution in [0.25, 0.3) is 0 Å². The van der Waals surface area contributed by atoms with E-state index in [1.165, 1.54) is 0 Å². The lowest BCUT2D eigenvalue weighted by molar-refractivity contribution is -0.0809. The summed E-state index contributed by atoms with van der Waals surface area (Å²) >= 11 is 0. The Morgan fingerprint density at radius 2 is 1.38 bits per heavy atom. The molecule has 0 radical (unpaired) electrons. The standard InChI is InChI=1S/C9H18N2O2/c1-3-10(8-12-5-1)7-11-4-2-6-13-9-11/h1-9H2. The van der Waals surface area contributed by atoms with E-state index in [-0.39, 0.29) is 0 Å². The van der Waals surface area contributed by atoms with Crippen molar-refractivity contribution in [3.05, 3.63) is 0 Å². The van der Waals surface area contributed by atoms with Crippen LogP contribution in [-0.4, -0.2) is 56.2 Å². The van der Waals surface area contributed by atoms with E-state index >= 15 is 0 Å². The molecule has 0 bridgehead atoms. The minimum Gasteiger partial charge on any atom is -0.366 e. The average Bonchev–Trinajstić information content (AvgIpc) is 2.21. The second kappa shape index (κ2) is 4.91. The zero-order valence-corrected chi connectivity index (χ0v) is 8.07. The van der Waals surface area contributed by atoms with E-state index in [2.05, 4.69) is 9.80 Å². The fourth-order valence-electron chi connectivity index (χ4n) is 1.80. The Kier molecular flexibility index (Phi) is 3.55. The van der Waals surface area contributed by atoms with Gasteiger partial charge in [-0.3, -0.25) is 9.80 Å². The molecule has 2 aliphatic rings. The zero-order valence-electron chi connectivity index (χ0n) is 8.07. The van der Waals surface area contributed by atoms with Gasteiger partial charge in [0, 0.05) is 26.3 Å². The van der Waals surface area contributed by atoms with E-state index < -0.39 is 0 Å². The van der Waals surface area contributed by atoms with Gasteiger partial charge in [-0.05, 0) is 12.8 Å². The van der Waals surface area contributed by atoms with Crippen molar-refractivity contribution in [1.29, 1.82) is 0 Å². The maximum absolute atomic E-state index is 5.38. The molecule has 0 aromatic carbocycles. The van der Waals surface area contributed by atoms with Gasteiger partial charge in [-0.2, -0.15) is 0 Å². The van der Waals surface area contributed by atoms with Crippen molar-refractivity contribution in [1.82, 2.24) is 9.80 Å². The topological polar surface area (TPSA) is 24.9 Å². The Morgan fingerprint density at radius 1 is 0.846 bits per heavy atom. The summed E-state index contributed by atoms with van der Waals surface area (Å²) in [6, 6.07) is 0. The van der Waals surface area contributed by atoms with Gasteiger partial charge in [-0.25, -0.2) is 0 Å². The maximum Gasteiger partial charge on any atom is 0.1000 e. The van der Waals surface area contributed by atoms with Gasteiger partial charge in [0.05, 0.1) is 20.1 Å². The molecule has 2 aliphatic heterocycles. The van der Waals surface area contributed by atoms with Gasteiger partial charge < -0.3 is 9.47 Å². The van der Waals surface area contributed by atoms with Crippen LogP contribution in [0.2, 0.25) is 0 Å². The molecule has 0 saturated carbocycles. The minimum absolute atomic E-state index is 0.788. The van der Waals surface area contributed by atoms with Crippen LogP contribution >= 0.6 is 0 Å². The first-order chi connectivity index (χ1) is 6.45. The van der Waals surface area contributed by atoms with E-state index in [1.807, 2.05) is 0 Å². The van der Waals surface area contributed by atoms with Crippen LogP contribution in [0.5, 0.6) is 0 Å². The molecule has 0 aliphatic carbocycles. The largest absolute Gasteiger partial charge is 0.366 e. The number of ether oxygens (including phenoxy) is 2. The van der Waals surface area contributed by atoms with Crippen molar-refractivity contribution in [2.75, 3.05) is 46.4 Å². The Bertz CT molecular complexity index is 127. The zero-order chi connectivity index (χ0) is 8.93. The van der Waals surface area contributed by atoms with Crippen LogP contribution in [0.3, 0.4) is 0 Å². The third-order valence-electron chi connectivity index (χ3n) is 2.47. The first kappa shape index (κ1) is 9.40. The molecule has 0 atom stereocenters. The van der Waals surface area contributed by atoms with Gasteiger partial charge in [0.1, 0.15) is 0 Å². The monoisotopic (exact) mass is 186 g/mol. The minimum atomic E-state index is 0.788. The molecule has 76 valence electrons. The van der Waals surface area contributed by atoms with E-state index in [1.54, 1.807) is 0 Å². The maximum atomic E-state index is 5.38. The highest BCUT2D eigenvalue weighted by Crippen LogP contribution is 2.06. The van der Waals surface area contributed by atoms with Crippen molar-refractivity contribution < 1.29 is 9.47 Å². The van der Waals surface area contributed by atoms with Crippen molar-refractivity contribution in [2.45, 2.75) is 12.8 Å². The van der Waals surface area contributed by atoms with Crippen molar-refractivity contribution in [2.24, 2.45) is 0 Å². The Hall–Kier alpha value is -0.160. The van der Waals surface area contributed by atoms with Gasteiger partial charge in [0.2, 0.25) is 0 Å². The number of rotatable bonds is 2. The van der Waals surface area contributed by atoms with Crippen LogP contribution in [0.1, 0.15) is 12.8 Å². The molecule has 2 saturated heterocycles.